The van der Waals surface area contributed by atoms with Gasteiger partial charge in [-0.1, -0.05) is 46.6 Å². The van der Waals surface area contributed by atoms with Crippen LogP contribution in [0.2, 0.25) is 15.1 Å². The number of anilines is 1. The fourth-order valence-corrected chi connectivity index (χ4v) is 3.79. The van der Waals surface area contributed by atoms with Gasteiger partial charge in [-0.15, -0.1) is 5.10 Å². The third-order valence-electron chi connectivity index (χ3n) is 3.66. The van der Waals surface area contributed by atoms with Crippen molar-refractivity contribution in [3.8, 4) is 17.1 Å². The number of methoxy groups -OCH3 is 1. The summed E-state index contributed by atoms with van der Waals surface area (Å²) in [7, 11) is 1.56. The van der Waals surface area contributed by atoms with Crippen molar-refractivity contribution in [1.82, 2.24) is 15.2 Å². The first-order valence-electron chi connectivity index (χ1n) is 8.05. The van der Waals surface area contributed by atoms with Crippen LogP contribution in [-0.2, 0) is 4.79 Å². The van der Waals surface area contributed by atoms with Gasteiger partial charge in [-0.05, 0) is 43.3 Å². The van der Waals surface area contributed by atoms with E-state index in [4.69, 9.17) is 39.5 Å². The Kier molecular flexibility index (Phi) is 6.72. The number of hydrogen-bond donors (Lipinski definition) is 2. The Morgan fingerprint density at radius 1 is 1.14 bits per heavy atom. The summed E-state index contributed by atoms with van der Waals surface area (Å²) >= 11 is 19.2. The number of nitrogens with zero attached hydrogens (tertiary/aromatic N) is 2. The van der Waals surface area contributed by atoms with Crippen LogP contribution in [0.25, 0.3) is 11.4 Å². The van der Waals surface area contributed by atoms with E-state index in [0.717, 1.165) is 0 Å². The Bertz CT molecular complexity index is 992. The summed E-state index contributed by atoms with van der Waals surface area (Å²) in [6.07, 6.45) is 0. The molecule has 6 nitrogen and oxygen atoms in total. The summed E-state index contributed by atoms with van der Waals surface area (Å²) in [5.41, 5.74) is 1.20. The normalized spacial score (nSPS) is 11.9. The fraction of sp³-hybridized carbons (Fsp3) is 0.167. The van der Waals surface area contributed by atoms with E-state index in [9.17, 15) is 4.79 Å². The number of nitrogens with one attached hydrogen (secondary N) is 2. The number of carbonyl (C=O) groups excluding carboxylic acids is 1. The number of H-pyrrole nitrogens is 1. The third kappa shape index (κ3) is 5.11. The first kappa shape index (κ1) is 20.8. The van der Waals surface area contributed by atoms with Gasteiger partial charge in [-0.3, -0.25) is 9.89 Å². The molecule has 0 radical (unpaired) electrons. The lowest BCUT2D eigenvalue weighted by atomic mass is 10.2. The molecule has 1 atom stereocenters. The summed E-state index contributed by atoms with van der Waals surface area (Å²) in [5, 5.41) is 11.2. The molecule has 0 aliphatic rings. The van der Waals surface area contributed by atoms with Crippen LogP contribution in [0.3, 0.4) is 0 Å². The molecule has 0 saturated carbocycles. The quantitative estimate of drug-likeness (QED) is 0.474. The monoisotopic (exact) mass is 456 g/mol. The Hall–Kier alpha value is -1.93. The molecule has 146 valence electrons. The fourth-order valence-electron chi connectivity index (χ4n) is 2.37. The van der Waals surface area contributed by atoms with Crippen LogP contribution in [0.15, 0.2) is 41.6 Å². The number of rotatable bonds is 6. The number of aromatic amines is 1. The molecule has 2 N–H and O–H groups in total. The number of hydrogen-bond acceptors (Lipinski definition) is 5. The van der Waals surface area contributed by atoms with Crippen molar-refractivity contribution >= 4 is 58.2 Å². The summed E-state index contributed by atoms with van der Waals surface area (Å²) in [5.74, 6) is 0.881. The van der Waals surface area contributed by atoms with Crippen molar-refractivity contribution < 1.29 is 9.53 Å². The zero-order valence-electron chi connectivity index (χ0n) is 14.8. The molecule has 10 heteroatoms. The van der Waals surface area contributed by atoms with Crippen molar-refractivity contribution in [2.75, 3.05) is 12.4 Å². The van der Waals surface area contributed by atoms with Crippen LogP contribution >= 0.6 is 46.6 Å². The van der Waals surface area contributed by atoms with E-state index in [1.54, 1.807) is 50.4 Å². The summed E-state index contributed by atoms with van der Waals surface area (Å²) < 4.78 is 5.33. The highest BCUT2D eigenvalue weighted by molar-refractivity contribution is 8.00. The lowest BCUT2D eigenvalue weighted by Crippen LogP contribution is -2.22. The lowest BCUT2D eigenvalue weighted by Gasteiger charge is -2.10. The van der Waals surface area contributed by atoms with Crippen LogP contribution < -0.4 is 10.1 Å². The van der Waals surface area contributed by atoms with Gasteiger partial charge in [-0.2, -0.15) is 0 Å². The van der Waals surface area contributed by atoms with Gasteiger partial charge in [0.05, 0.1) is 17.9 Å². The van der Waals surface area contributed by atoms with Crippen LogP contribution in [0.5, 0.6) is 5.75 Å². The molecule has 0 spiro atoms. The van der Waals surface area contributed by atoms with E-state index >= 15 is 0 Å². The predicted molar refractivity (Wildman–Crippen MR) is 114 cm³/mol. The molecule has 0 aliphatic carbocycles. The standard InChI is InChI=1S/C18H15Cl3N4O2S/c1-9(17(26)22-13-6-11(20)5-12(21)7-13)28-18-23-16(24-25-18)14-8-10(19)3-4-15(14)27-2/h3-9H,1-2H3,(H,22,26)(H,23,24,25). The van der Waals surface area contributed by atoms with E-state index in [2.05, 4.69) is 20.5 Å². The molecule has 1 aromatic heterocycles. The van der Waals surface area contributed by atoms with E-state index in [-0.39, 0.29) is 5.91 Å². The average Bonchev–Trinajstić information content (AvgIpc) is 3.09. The summed E-state index contributed by atoms with van der Waals surface area (Å²) in [4.78, 5) is 16.9. The number of aromatic nitrogens is 3. The Morgan fingerprint density at radius 2 is 1.86 bits per heavy atom. The second-order valence-corrected chi connectivity index (χ2v) is 8.34. The maximum atomic E-state index is 12.4. The number of carbonyl (C=O) groups is 1. The Labute approximate surface area is 180 Å². The maximum Gasteiger partial charge on any atom is 0.237 e. The molecule has 0 aliphatic heterocycles. The van der Waals surface area contributed by atoms with Crippen molar-refractivity contribution in [2.45, 2.75) is 17.3 Å². The minimum atomic E-state index is -0.456. The molecule has 0 saturated heterocycles. The average molecular weight is 458 g/mol. The Morgan fingerprint density at radius 3 is 2.54 bits per heavy atom. The molecule has 3 rings (SSSR count). The van der Waals surface area contributed by atoms with Gasteiger partial charge in [0.1, 0.15) is 5.75 Å². The topological polar surface area (TPSA) is 79.9 Å². The highest BCUT2D eigenvalue weighted by Gasteiger charge is 2.19. The molecule has 28 heavy (non-hydrogen) atoms. The largest absolute Gasteiger partial charge is 0.496 e. The minimum Gasteiger partial charge on any atom is -0.496 e. The van der Waals surface area contributed by atoms with Gasteiger partial charge in [0.25, 0.3) is 0 Å². The SMILES string of the molecule is COc1ccc(Cl)cc1-c1nc(SC(C)C(=O)Nc2cc(Cl)cc(Cl)c2)n[nH]1. The van der Waals surface area contributed by atoms with E-state index in [1.165, 1.54) is 11.8 Å². The molecule has 2 aromatic carbocycles. The molecule has 1 amide bonds. The minimum absolute atomic E-state index is 0.227. The number of amides is 1. The van der Waals surface area contributed by atoms with Crippen molar-refractivity contribution in [1.29, 1.82) is 0 Å². The molecular formula is C18H15Cl3N4O2S. The molecule has 0 fully saturated rings. The van der Waals surface area contributed by atoms with Crippen LogP contribution in [0.4, 0.5) is 5.69 Å². The van der Waals surface area contributed by atoms with E-state index in [1.807, 2.05) is 0 Å². The van der Waals surface area contributed by atoms with E-state index < -0.39 is 5.25 Å². The number of ether oxygens (including phenoxy) is 1. The zero-order valence-corrected chi connectivity index (χ0v) is 17.9. The third-order valence-corrected chi connectivity index (χ3v) is 5.30. The molecule has 1 unspecified atom stereocenters. The van der Waals surface area contributed by atoms with Gasteiger partial charge in [-0.25, -0.2) is 4.98 Å². The smallest absolute Gasteiger partial charge is 0.237 e. The number of benzene rings is 2. The highest BCUT2D eigenvalue weighted by atomic mass is 35.5. The summed E-state index contributed by atoms with van der Waals surface area (Å²) in [6.45, 7) is 1.75. The van der Waals surface area contributed by atoms with Gasteiger partial charge >= 0.3 is 0 Å². The van der Waals surface area contributed by atoms with Crippen molar-refractivity contribution in [3.63, 3.8) is 0 Å². The highest BCUT2D eigenvalue weighted by Crippen LogP contribution is 2.32. The van der Waals surface area contributed by atoms with Gasteiger partial charge < -0.3 is 10.1 Å². The van der Waals surface area contributed by atoms with Gasteiger partial charge in [0, 0.05) is 20.8 Å². The number of halogens is 3. The predicted octanol–water partition coefficient (Wildman–Crippen LogP) is 5.56. The van der Waals surface area contributed by atoms with Crippen LogP contribution in [-0.4, -0.2) is 33.4 Å². The van der Waals surface area contributed by atoms with E-state index in [0.29, 0.717) is 43.0 Å². The lowest BCUT2D eigenvalue weighted by molar-refractivity contribution is -0.115. The van der Waals surface area contributed by atoms with Crippen LogP contribution in [0, 0.1) is 0 Å². The first-order valence-corrected chi connectivity index (χ1v) is 10.1. The second-order valence-electron chi connectivity index (χ2n) is 5.72. The van der Waals surface area contributed by atoms with Crippen molar-refractivity contribution in [3.05, 3.63) is 51.5 Å². The molecule has 0 bridgehead atoms. The van der Waals surface area contributed by atoms with Gasteiger partial charge in [0.2, 0.25) is 11.1 Å². The molecule has 3 aromatic rings. The maximum absolute atomic E-state index is 12.4. The Balaban J connectivity index is 1.71. The zero-order chi connectivity index (χ0) is 20.3. The summed E-state index contributed by atoms with van der Waals surface area (Å²) in [6, 6.07) is 10.0. The second kappa shape index (κ2) is 9.05. The molecular weight excluding hydrogens is 443 g/mol. The molecule has 1 heterocycles. The van der Waals surface area contributed by atoms with Crippen LogP contribution in [0.1, 0.15) is 6.92 Å². The number of thioether (sulfide) groups is 1. The first-order chi connectivity index (χ1) is 13.4. The van der Waals surface area contributed by atoms with Gasteiger partial charge in [0.15, 0.2) is 5.82 Å². The van der Waals surface area contributed by atoms with Crippen molar-refractivity contribution in [2.24, 2.45) is 0 Å².